The molecule has 1 aromatic rings. The van der Waals surface area contributed by atoms with Gasteiger partial charge in [0, 0.05) is 12.9 Å². The molecule has 0 fully saturated rings. The molecule has 0 atom stereocenters. The number of rotatable bonds is 2. The summed E-state index contributed by atoms with van der Waals surface area (Å²) in [5, 5.41) is 7.03. The van der Waals surface area contributed by atoms with E-state index >= 15 is 0 Å². The summed E-state index contributed by atoms with van der Waals surface area (Å²) in [7, 11) is 1.54. The third kappa shape index (κ3) is 1.18. The van der Waals surface area contributed by atoms with Gasteiger partial charge in [0.05, 0.1) is 6.54 Å². The number of nitrogens with zero attached hydrogens (tertiary/aromatic N) is 4. The van der Waals surface area contributed by atoms with E-state index in [-0.39, 0.29) is 5.69 Å². The van der Waals surface area contributed by atoms with Crippen molar-refractivity contribution in [2.24, 2.45) is 7.05 Å². The SMILES string of the molecule is Cn1nnn(CCCl)c1=O. The minimum atomic E-state index is -0.236. The van der Waals surface area contributed by atoms with E-state index in [1.54, 1.807) is 7.05 Å². The Morgan fingerprint density at radius 2 is 2.30 bits per heavy atom. The summed E-state index contributed by atoms with van der Waals surface area (Å²) in [6.07, 6.45) is 0. The normalized spacial score (nSPS) is 10.2. The van der Waals surface area contributed by atoms with Crippen molar-refractivity contribution in [3.8, 4) is 0 Å². The first kappa shape index (κ1) is 7.27. The molecule has 1 rings (SSSR count). The molecule has 0 amide bonds. The van der Waals surface area contributed by atoms with Crippen LogP contribution in [0.1, 0.15) is 0 Å². The molecule has 1 heterocycles. The number of aryl methyl sites for hydroxylation is 2. The molecule has 0 aliphatic rings. The van der Waals surface area contributed by atoms with Crippen LogP contribution in [0.3, 0.4) is 0 Å². The largest absolute Gasteiger partial charge is 0.363 e. The fourth-order valence-electron chi connectivity index (χ4n) is 0.572. The van der Waals surface area contributed by atoms with Gasteiger partial charge in [0.15, 0.2) is 0 Å². The molecule has 1 aromatic heterocycles. The van der Waals surface area contributed by atoms with E-state index in [2.05, 4.69) is 10.4 Å². The zero-order chi connectivity index (χ0) is 7.56. The lowest BCUT2D eigenvalue weighted by Gasteiger charge is -1.88. The maximum Gasteiger partial charge on any atom is 0.363 e. The first-order valence-corrected chi connectivity index (χ1v) is 3.32. The molecule has 0 aliphatic carbocycles. The lowest BCUT2D eigenvalue weighted by molar-refractivity contribution is 0.613. The average Bonchev–Trinajstić information content (AvgIpc) is 2.20. The lowest BCUT2D eigenvalue weighted by Crippen LogP contribution is -2.23. The number of aromatic nitrogens is 4. The van der Waals surface area contributed by atoms with Crippen LogP contribution in [0.5, 0.6) is 0 Å². The van der Waals surface area contributed by atoms with Crippen LogP contribution >= 0.6 is 11.6 Å². The van der Waals surface area contributed by atoms with Crippen LogP contribution in [-0.4, -0.2) is 25.7 Å². The fourth-order valence-corrected chi connectivity index (χ4v) is 0.732. The van der Waals surface area contributed by atoms with E-state index < -0.39 is 0 Å². The van der Waals surface area contributed by atoms with Crippen molar-refractivity contribution in [2.45, 2.75) is 6.54 Å². The van der Waals surface area contributed by atoms with Crippen molar-refractivity contribution in [3.05, 3.63) is 10.5 Å². The first-order valence-electron chi connectivity index (χ1n) is 2.78. The summed E-state index contributed by atoms with van der Waals surface area (Å²) in [6.45, 7) is 0.411. The number of hydrogen-bond acceptors (Lipinski definition) is 3. The van der Waals surface area contributed by atoms with Gasteiger partial charge in [0.25, 0.3) is 0 Å². The van der Waals surface area contributed by atoms with Gasteiger partial charge in [0.1, 0.15) is 0 Å². The second-order valence-electron chi connectivity index (χ2n) is 1.80. The summed E-state index contributed by atoms with van der Waals surface area (Å²) >= 11 is 5.38. The van der Waals surface area contributed by atoms with Gasteiger partial charge >= 0.3 is 5.69 Å². The highest BCUT2D eigenvalue weighted by molar-refractivity contribution is 6.17. The molecule has 0 spiro atoms. The van der Waals surface area contributed by atoms with Crippen molar-refractivity contribution < 1.29 is 0 Å². The van der Waals surface area contributed by atoms with Gasteiger partial charge in [-0.25, -0.2) is 4.79 Å². The van der Waals surface area contributed by atoms with E-state index in [9.17, 15) is 4.79 Å². The Morgan fingerprint density at radius 1 is 1.60 bits per heavy atom. The summed E-state index contributed by atoms with van der Waals surface area (Å²) < 4.78 is 2.37. The third-order valence-corrected chi connectivity index (χ3v) is 1.25. The monoisotopic (exact) mass is 162 g/mol. The summed E-state index contributed by atoms with van der Waals surface area (Å²) in [5.41, 5.74) is -0.236. The minimum absolute atomic E-state index is 0.236. The van der Waals surface area contributed by atoms with Gasteiger partial charge < -0.3 is 0 Å². The minimum Gasteiger partial charge on any atom is -0.244 e. The fraction of sp³-hybridized carbons (Fsp3) is 0.750. The molecule has 10 heavy (non-hydrogen) atoms. The number of halogens is 1. The second-order valence-corrected chi connectivity index (χ2v) is 2.18. The number of tetrazole rings is 1. The zero-order valence-electron chi connectivity index (χ0n) is 5.49. The molecule has 0 radical (unpaired) electrons. The lowest BCUT2D eigenvalue weighted by atomic mass is 10.8. The highest BCUT2D eigenvalue weighted by Gasteiger charge is 1.99. The molecular weight excluding hydrogens is 156 g/mol. The van der Waals surface area contributed by atoms with Gasteiger partial charge in [-0.1, -0.05) is 0 Å². The van der Waals surface area contributed by atoms with Gasteiger partial charge in [0.2, 0.25) is 0 Å². The molecule has 0 aromatic carbocycles. The Balaban J connectivity index is 2.95. The maximum absolute atomic E-state index is 10.9. The topological polar surface area (TPSA) is 52.7 Å². The Kier molecular flexibility index (Phi) is 2.06. The van der Waals surface area contributed by atoms with Crippen LogP contribution in [0.25, 0.3) is 0 Å². The van der Waals surface area contributed by atoms with E-state index in [4.69, 9.17) is 11.6 Å². The van der Waals surface area contributed by atoms with Crippen molar-refractivity contribution in [2.75, 3.05) is 5.88 Å². The quantitative estimate of drug-likeness (QED) is 0.536. The van der Waals surface area contributed by atoms with Gasteiger partial charge in [-0.15, -0.1) is 11.6 Å². The van der Waals surface area contributed by atoms with Gasteiger partial charge in [-0.05, 0) is 10.4 Å². The number of alkyl halides is 1. The van der Waals surface area contributed by atoms with Crippen LogP contribution in [0.15, 0.2) is 4.79 Å². The third-order valence-electron chi connectivity index (χ3n) is 1.08. The molecule has 0 saturated carbocycles. The summed E-state index contributed by atoms with van der Waals surface area (Å²) in [4.78, 5) is 10.9. The van der Waals surface area contributed by atoms with E-state index in [1.165, 1.54) is 4.68 Å². The maximum atomic E-state index is 10.9. The summed E-state index contributed by atoms with van der Waals surface area (Å²) in [5.74, 6) is 0.374. The first-order chi connectivity index (χ1) is 4.75. The molecular formula is C4H7ClN4O. The Bertz CT molecular complexity index is 264. The predicted molar refractivity (Wildman–Crippen MR) is 36.0 cm³/mol. The molecule has 0 N–H and O–H groups in total. The molecule has 0 bridgehead atoms. The highest BCUT2D eigenvalue weighted by atomic mass is 35.5. The molecule has 56 valence electrons. The van der Waals surface area contributed by atoms with Crippen molar-refractivity contribution in [1.29, 1.82) is 0 Å². The molecule has 0 saturated heterocycles. The van der Waals surface area contributed by atoms with Crippen molar-refractivity contribution in [3.63, 3.8) is 0 Å². The number of hydrogen-bond donors (Lipinski definition) is 0. The average molecular weight is 163 g/mol. The van der Waals surface area contributed by atoms with Crippen LogP contribution < -0.4 is 5.69 Å². The molecule has 0 aliphatic heterocycles. The zero-order valence-corrected chi connectivity index (χ0v) is 6.25. The Labute approximate surface area is 62.2 Å². The van der Waals surface area contributed by atoms with Crippen molar-refractivity contribution in [1.82, 2.24) is 19.8 Å². The van der Waals surface area contributed by atoms with E-state index in [1.807, 2.05) is 0 Å². The van der Waals surface area contributed by atoms with E-state index in [0.717, 1.165) is 4.68 Å². The predicted octanol–water partition coefficient (Wildman–Crippen LogP) is -0.784. The van der Waals surface area contributed by atoms with Gasteiger partial charge in [-0.3, -0.25) is 0 Å². The van der Waals surface area contributed by atoms with Crippen molar-refractivity contribution >= 4 is 11.6 Å². The van der Waals surface area contributed by atoms with Crippen LogP contribution in [-0.2, 0) is 13.6 Å². The van der Waals surface area contributed by atoms with E-state index in [0.29, 0.717) is 12.4 Å². The van der Waals surface area contributed by atoms with Crippen LogP contribution in [0, 0.1) is 0 Å². The smallest absolute Gasteiger partial charge is 0.244 e. The molecule has 0 unspecified atom stereocenters. The van der Waals surface area contributed by atoms with Gasteiger partial charge in [-0.2, -0.15) is 9.36 Å². The molecule has 6 heteroatoms. The van der Waals surface area contributed by atoms with Crippen LogP contribution in [0.4, 0.5) is 0 Å². The Morgan fingerprint density at radius 3 is 2.70 bits per heavy atom. The molecule has 5 nitrogen and oxygen atoms in total. The standard InChI is InChI=1S/C4H7ClN4O/c1-8-4(10)9(3-2-5)7-6-8/h2-3H2,1H3. The second kappa shape index (κ2) is 2.83. The summed E-state index contributed by atoms with van der Waals surface area (Å²) in [6, 6.07) is 0. The Hall–Kier alpha value is -0.840. The highest BCUT2D eigenvalue weighted by Crippen LogP contribution is 1.77. The van der Waals surface area contributed by atoms with Crippen LogP contribution in [0.2, 0.25) is 0 Å².